The van der Waals surface area contributed by atoms with Crippen LogP contribution < -0.4 is 0 Å². The van der Waals surface area contributed by atoms with Crippen molar-refractivity contribution in [2.75, 3.05) is 6.61 Å². The molecule has 0 saturated heterocycles. The van der Waals surface area contributed by atoms with Gasteiger partial charge in [0.1, 0.15) is 0 Å². The van der Waals surface area contributed by atoms with Crippen molar-refractivity contribution >= 4 is 28.6 Å². The zero-order chi connectivity index (χ0) is 22.5. The molecule has 0 heterocycles. The van der Waals surface area contributed by atoms with Crippen LogP contribution in [0.3, 0.4) is 0 Å². The Kier molecular flexibility index (Phi) is 8.67. The minimum atomic E-state index is -6.87. The van der Waals surface area contributed by atoms with Gasteiger partial charge in [-0.15, -0.1) is 0 Å². The first-order valence-electron chi connectivity index (χ1n) is 8.20. The van der Waals surface area contributed by atoms with Crippen LogP contribution in [0.1, 0.15) is 36.0 Å². The highest BCUT2D eigenvalue weighted by Gasteiger charge is 2.81. The van der Waals surface area contributed by atoms with Gasteiger partial charge < -0.3 is 4.74 Å². The molecule has 0 aromatic heterocycles. The fourth-order valence-electron chi connectivity index (χ4n) is 2.21. The van der Waals surface area contributed by atoms with E-state index in [0.717, 1.165) is 0 Å². The minimum Gasteiger partial charge on any atom is -0.462 e. The molecule has 0 aliphatic rings. The molecular formula is C17H16F9IO2. The Bertz CT molecular complexity index is 663. The smallest absolute Gasteiger partial charge is 0.460 e. The van der Waals surface area contributed by atoms with Gasteiger partial charge in [-0.2, -0.15) is 39.5 Å². The lowest BCUT2D eigenvalue weighted by atomic mass is 9.98. The number of carbonyl (C=O) groups excluding carboxylic acids is 1. The Morgan fingerprint density at radius 1 is 0.897 bits per heavy atom. The van der Waals surface area contributed by atoms with Crippen molar-refractivity contribution in [3.63, 3.8) is 0 Å². The molecule has 1 atom stereocenters. The lowest BCUT2D eigenvalue weighted by Gasteiger charge is -2.34. The van der Waals surface area contributed by atoms with Crippen LogP contribution in [-0.4, -0.2) is 40.4 Å². The number of rotatable bonds is 10. The standard InChI is InChI=1S/C17H16F9IO2/c18-14(19,15(20,21)16(22,23)17(24,25)26)10-12(27)8-4-5-9-29-13(28)11-6-2-1-3-7-11/h1-3,6-7,12H,4-5,8-10H2. The molecule has 0 saturated carbocycles. The van der Waals surface area contributed by atoms with Gasteiger partial charge in [0.15, 0.2) is 0 Å². The molecule has 2 nitrogen and oxygen atoms in total. The maximum atomic E-state index is 13.5. The molecule has 0 amide bonds. The zero-order valence-corrected chi connectivity index (χ0v) is 16.8. The first kappa shape index (κ1) is 25.8. The molecule has 1 aromatic carbocycles. The Balaban J connectivity index is 2.48. The molecule has 1 aromatic rings. The number of esters is 1. The van der Waals surface area contributed by atoms with Crippen LogP contribution in [0.5, 0.6) is 0 Å². The van der Waals surface area contributed by atoms with E-state index in [1.807, 2.05) is 0 Å². The number of benzene rings is 1. The lowest BCUT2D eigenvalue weighted by Crippen LogP contribution is -2.61. The van der Waals surface area contributed by atoms with Crippen molar-refractivity contribution < 1.29 is 49.0 Å². The van der Waals surface area contributed by atoms with Crippen LogP contribution in [-0.2, 0) is 4.74 Å². The van der Waals surface area contributed by atoms with Crippen molar-refractivity contribution in [3.8, 4) is 0 Å². The van der Waals surface area contributed by atoms with Crippen LogP contribution >= 0.6 is 22.6 Å². The van der Waals surface area contributed by atoms with E-state index in [0.29, 0.717) is 0 Å². The number of alkyl halides is 10. The molecule has 166 valence electrons. The number of halogens is 10. The van der Waals surface area contributed by atoms with E-state index in [1.165, 1.54) is 34.7 Å². The summed E-state index contributed by atoms with van der Waals surface area (Å²) in [5.41, 5.74) is 0.284. The van der Waals surface area contributed by atoms with Gasteiger partial charge in [0.05, 0.1) is 12.2 Å². The summed E-state index contributed by atoms with van der Waals surface area (Å²) in [6.45, 7) is -0.101. The number of carbonyl (C=O) groups is 1. The third-order valence-corrected chi connectivity index (χ3v) is 4.91. The summed E-state index contributed by atoms with van der Waals surface area (Å²) in [5.74, 6) is -19.7. The Labute approximate surface area is 173 Å². The lowest BCUT2D eigenvalue weighted by molar-refractivity contribution is -0.396. The summed E-state index contributed by atoms with van der Waals surface area (Å²) in [6, 6.07) is 7.90. The summed E-state index contributed by atoms with van der Waals surface area (Å²) in [7, 11) is 0. The highest BCUT2D eigenvalue weighted by molar-refractivity contribution is 14.1. The predicted octanol–water partition coefficient (Wildman–Crippen LogP) is 6.68. The topological polar surface area (TPSA) is 26.3 Å². The fraction of sp³-hybridized carbons (Fsp3) is 0.588. The van der Waals surface area contributed by atoms with E-state index < -0.39 is 40.3 Å². The zero-order valence-electron chi connectivity index (χ0n) is 14.6. The number of hydrogen-bond acceptors (Lipinski definition) is 2. The fourth-order valence-corrected chi connectivity index (χ4v) is 3.20. The molecule has 0 aliphatic carbocycles. The molecule has 29 heavy (non-hydrogen) atoms. The Morgan fingerprint density at radius 2 is 1.45 bits per heavy atom. The first-order chi connectivity index (χ1) is 13.1. The van der Waals surface area contributed by atoms with Gasteiger partial charge in [-0.3, -0.25) is 0 Å². The van der Waals surface area contributed by atoms with Gasteiger partial charge in [-0.1, -0.05) is 40.8 Å². The van der Waals surface area contributed by atoms with Gasteiger partial charge in [-0.25, -0.2) is 4.79 Å². The molecule has 0 bridgehead atoms. The van der Waals surface area contributed by atoms with E-state index in [9.17, 15) is 44.3 Å². The van der Waals surface area contributed by atoms with Gasteiger partial charge in [0, 0.05) is 10.3 Å². The SMILES string of the molecule is O=C(OCCCCC(I)CC(F)(F)C(F)(F)C(F)(F)C(F)(F)F)c1ccccc1. The molecule has 0 aliphatic heterocycles. The number of ether oxygens (including phenoxy) is 1. The highest BCUT2D eigenvalue weighted by Crippen LogP contribution is 2.54. The molecule has 0 spiro atoms. The number of unbranched alkanes of at least 4 members (excludes halogenated alkanes) is 1. The van der Waals surface area contributed by atoms with Crippen LogP contribution in [0, 0.1) is 0 Å². The van der Waals surface area contributed by atoms with E-state index in [-0.39, 0.29) is 31.4 Å². The average molecular weight is 550 g/mol. The summed E-state index contributed by atoms with van der Waals surface area (Å²) in [5, 5.41) is 0. The Hall–Kier alpha value is -1.21. The van der Waals surface area contributed by atoms with Crippen LogP contribution in [0.25, 0.3) is 0 Å². The maximum absolute atomic E-state index is 13.5. The molecule has 0 fully saturated rings. The minimum absolute atomic E-state index is 0.101. The summed E-state index contributed by atoms with van der Waals surface area (Å²) in [6.07, 6.45) is -8.59. The Morgan fingerprint density at radius 3 is 1.97 bits per heavy atom. The van der Waals surface area contributed by atoms with Crippen molar-refractivity contribution in [1.82, 2.24) is 0 Å². The normalized spacial score (nSPS) is 14.6. The maximum Gasteiger partial charge on any atom is 0.460 e. The third kappa shape index (κ3) is 6.38. The van der Waals surface area contributed by atoms with Gasteiger partial charge in [0.25, 0.3) is 0 Å². The summed E-state index contributed by atoms with van der Waals surface area (Å²) < 4.78 is 119. The quantitative estimate of drug-likeness (QED) is 0.107. The molecular weight excluding hydrogens is 534 g/mol. The van der Waals surface area contributed by atoms with Crippen molar-refractivity contribution in [1.29, 1.82) is 0 Å². The van der Waals surface area contributed by atoms with Gasteiger partial charge in [0.2, 0.25) is 0 Å². The molecule has 0 radical (unpaired) electrons. The molecule has 1 rings (SSSR count). The first-order valence-corrected chi connectivity index (χ1v) is 9.44. The van der Waals surface area contributed by atoms with Crippen LogP contribution in [0.2, 0.25) is 0 Å². The number of hydrogen-bond donors (Lipinski definition) is 0. The largest absolute Gasteiger partial charge is 0.462 e. The predicted molar refractivity (Wildman–Crippen MR) is 93.9 cm³/mol. The monoisotopic (exact) mass is 550 g/mol. The van der Waals surface area contributed by atoms with E-state index in [2.05, 4.69) is 0 Å². The second kappa shape index (κ2) is 9.73. The molecule has 12 heteroatoms. The van der Waals surface area contributed by atoms with E-state index in [1.54, 1.807) is 18.2 Å². The highest BCUT2D eigenvalue weighted by atomic mass is 127. The second-order valence-electron chi connectivity index (χ2n) is 6.15. The van der Waals surface area contributed by atoms with Crippen LogP contribution in [0.4, 0.5) is 39.5 Å². The molecule has 1 unspecified atom stereocenters. The van der Waals surface area contributed by atoms with E-state index in [4.69, 9.17) is 4.74 Å². The third-order valence-electron chi connectivity index (χ3n) is 3.84. The van der Waals surface area contributed by atoms with Crippen molar-refractivity contribution in [3.05, 3.63) is 35.9 Å². The second-order valence-corrected chi connectivity index (χ2v) is 7.91. The summed E-state index contributed by atoms with van der Waals surface area (Å²) >= 11 is 1.28. The summed E-state index contributed by atoms with van der Waals surface area (Å²) in [4.78, 5) is 11.6. The van der Waals surface area contributed by atoms with Crippen molar-refractivity contribution in [2.24, 2.45) is 0 Å². The molecule has 0 N–H and O–H groups in total. The van der Waals surface area contributed by atoms with Crippen LogP contribution in [0.15, 0.2) is 30.3 Å². The van der Waals surface area contributed by atoms with Crippen molar-refractivity contribution in [2.45, 2.75) is 53.6 Å². The van der Waals surface area contributed by atoms with Gasteiger partial charge >= 0.3 is 29.9 Å². The average Bonchev–Trinajstić information content (AvgIpc) is 2.60. The van der Waals surface area contributed by atoms with Gasteiger partial charge in [-0.05, 0) is 31.4 Å². The van der Waals surface area contributed by atoms with E-state index >= 15 is 0 Å².